The number of hydrogen-bond donors (Lipinski definition) is 0. The Kier molecular flexibility index (Phi) is 5.02. The minimum atomic E-state index is -4.72. The summed E-state index contributed by atoms with van der Waals surface area (Å²) in [5.41, 5.74) is 1.29. The lowest BCUT2D eigenvalue weighted by atomic mass is 10.3. The van der Waals surface area contributed by atoms with Gasteiger partial charge in [0.2, 0.25) is 0 Å². The molecule has 0 aliphatic heterocycles. The summed E-state index contributed by atoms with van der Waals surface area (Å²) in [5, 5.41) is 3.20. The maximum Gasteiger partial charge on any atom is 0.471 e. The molecule has 2 aromatic heterocycles. The first-order valence-corrected chi connectivity index (χ1v) is 9.31. The molecule has 0 saturated carbocycles. The molecule has 0 N–H and O–H groups in total. The molecule has 2 heterocycles. The van der Waals surface area contributed by atoms with Gasteiger partial charge in [0.15, 0.2) is 5.82 Å². The highest BCUT2D eigenvalue weighted by atomic mass is 32.2. The summed E-state index contributed by atoms with van der Waals surface area (Å²) in [6.07, 6.45) is 0.518. The predicted octanol–water partition coefficient (Wildman–Crippen LogP) is 3.36. The molecule has 3 aromatic rings. The lowest BCUT2D eigenvalue weighted by Gasteiger charge is -2.13. The number of nitrogens with zero attached hydrogens (tertiary/aromatic N) is 4. The maximum absolute atomic E-state index is 12.7. The van der Waals surface area contributed by atoms with Crippen LogP contribution in [-0.2, 0) is 16.2 Å². The Morgan fingerprint density at radius 1 is 1.11 bits per heavy atom. The van der Waals surface area contributed by atoms with Crippen molar-refractivity contribution in [3.05, 3.63) is 60.0 Å². The fraction of sp³-hybridized carbons (Fsp3) is 0.176. The molecule has 28 heavy (non-hydrogen) atoms. The highest BCUT2D eigenvalue weighted by Gasteiger charge is 2.38. The first-order chi connectivity index (χ1) is 13.1. The van der Waals surface area contributed by atoms with Crippen LogP contribution in [0.3, 0.4) is 0 Å². The molecule has 148 valence electrons. The fourth-order valence-electron chi connectivity index (χ4n) is 2.27. The highest BCUT2D eigenvalue weighted by Crippen LogP contribution is 2.27. The second-order valence-corrected chi connectivity index (χ2v) is 7.80. The van der Waals surface area contributed by atoms with Gasteiger partial charge in [-0.2, -0.15) is 18.2 Å². The van der Waals surface area contributed by atoms with Gasteiger partial charge in [0.1, 0.15) is 0 Å². The third-order valence-corrected chi connectivity index (χ3v) is 5.38. The molecule has 0 atom stereocenters. The normalized spacial score (nSPS) is 12.6. The number of hydrogen-bond acceptors (Lipinski definition) is 6. The predicted molar refractivity (Wildman–Crippen MR) is 96.0 cm³/mol. The van der Waals surface area contributed by atoms with Gasteiger partial charge in [0.05, 0.1) is 4.90 Å². The number of aromatic nitrogens is 3. The highest BCUT2D eigenvalue weighted by molar-refractivity contribution is 7.90. The van der Waals surface area contributed by atoms with Gasteiger partial charge in [-0.05, 0) is 48.0 Å². The van der Waals surface area contributed by atoms with E-state index >= 15 is 0 Å². The van der Waals surface area contributed by atoms with Crippen LogP contribution < -0.4 is 4.90 Å². The number of alkyl halides is 3. The van der Waals surface area contributed by atoms with Gasteiger partial charge >= 0.3 is 12.1 Å². The number of halogens is 3. The number of rotatable bonds is 5. The molecule has 0 aliphatic carbocycles. The van der Waals surface area contributed by atoms with Crippen LogP contribution in [0.25, 0.3) is 12.2 Å². The molecule has 0 aliphatic rings. The summed E-state index contributed by atoms with van der Waals surface area (Å²) < 4.78 is 67.8. The van der Waals surface area contributed by atoms with Crippen LogP contribution in [0.1, 0.15) is 17.3 Å². The average molecular weight is 412 g/mol. The number of anilines is 1. The van der Waals surface area contributed by atoms with E-state index in [9.17, 15) is 21.6 Å². The molecule has 7 nitrogen and oxygen atoms in total. The van der Waals surface area contributed by atoms with Gasteiger partial charge in [-0.25, -0.2) is 12.4 Å². The zero-order valence-electron chi connectivity index (χ0n) is 14.8. The summed E-state index contributed by atoms with van der Waals surface area (Å²) in [6, 6.07) is 7.86. The van der Waals surface area contributed by atoms with Gasteiger partial charge in [-0.3, -0.25) is 0 Å². The van der Waals surface area contributed by atoms with E-state index in [1.165, 1.54) is 42.7 Å². The molecule has 11 heteroatoms. The molecule has 0 radical (unpaired) electrons. The van der Waals surface area contributed by atoms with Crippen molar-refractivity contribution in [2.45, 2.75) is 11.1 Å². The Labute approximate surface area is 158 Å². The van der Waals surface area contributed by atoms with E-state index in [0.29, 0.717) is 5.56 Å². The second kappa shape index (κ2) is 7.15. The van der Waals surface area contributed by atoms with Crippen molar-refractivity contribution in [3.8, 4) is 0 Å². The summed E-state index contributed by atoms with van der Waals surface area (Å²) >= 11 is 0. The average Bonchev–Trinajstić information content (AvgIpc) is 3.29. The van der Waals surface area contributed by atoms with Crippen LogP contribution in [0.5, 0.6) is 0 Å². The maximum atomic E-state index is 12.7. The monoisotopic (exact) mass is 412 g/mol. The van der Waals surface area contributed by atoms with Crippen LogP contribution in [0.4, 0.5) is 18.9 Å². The molecule has 0 saturated heterocycles. The third-order valence-electron chi connectivity index (χ3n) is 3.73. The molecule has 0 amide bonds. The lowest BCUT2D eigenvalue weighted by molar-refractivity contribution is -0.159. The minimum absolute atomic E-state index is 0.109. The molecule has 1 aromatic carbocycles. The first-order valence-electron chi connectivity index (χ1n) is 7.87. The van der Waals surface area contributed by atoms with Gasteiger partial charge in [0, 0.05) is 32.2 Å². The summed E-state index contributed by atoms with van der Waals surface area (Å²) in [4.78, 5) is 5.16. The second-order valence-electron chi connectivity index (χ2n) is 5.96. The summed E-state index contributed by atoms with van der Waals surface area (Å²) in [7, 11) is -0.108. The van der Waals surface area contributed by atoms with Crippen molar-refractivity contribution in [2.75, 3.05) is 19.0 Å². The molecular weight excluding hydrogens is 397 g/mol. The van der Waals surface area contributed by atoms with Crippen LogP contribution in [0.2, 0.25) is 0 Å². The van der Waals surface area contributed by atoms with E-state index in [-0.39, 0.29) is 10.7 Å². The zero-order valence-corrected chi connectivity index (χ0v) is 15.6. The van der Waals surface area contributed by atoms with Crippen molar-refractivity contribution in [1.29, 1.82) is 0 Å². The fourth-order valence-corrected chi connectivity index (χ4v) is 3.47. The van der Waals surface area contributed by atoms with Crippen molar-refractivity contribution in [2.24, 2.45) is 0 Å². The summed E-state index contributed by atoms with van der Waals surface area (Å²) in [5.74, 6) is -1.73. The van der Waals surface area contributed by atoms with E-state index in [2.05, 4.69) is 14.7 Å². The SMILES string of the molecule is CN(C)c1ccc(S(=O)(=O)n2ccc(/C=C/c3noc(C(F)(F)F)n3)c2)cc1. The van der Waals surface area contributed by atoms with Crippen LogP contribution in [0, 0.1) is 0 Å². The van der Waals surface area contributed by atoms with E-state index in [4.69, 9.17) is 0 Å². The summed E-state index contributed by atoms with van der Waals surface area (Å²) in [6.45, 7) is 0. The topological polar surface area (TPSA) is 81.2 Å². The molecular formula is C17H15F3N4O3S. The quantitative estimate of drug-likeness (QED) is 0.639. The van der Waals surface area contributed by atoms with E-state index in [1.54, 1.807) is 12.1 Å². The van der Waals surface area contributed by atoms with E-state index in [0.717, 1.165) is 9.66 Å². The minimum Gasteiger partial charge on any atom is -0.378 e. The van der Waals surface area contributed by atoms with Crippen molar-refractivity contribution in [1.82, 2.24) is 14.1 Å². The Morgan fingerprint density at radius 2 is 1.79 bits per heavy atom. The lowest BCUT2D eigenvalue weighted by Crippen LogP contribution is -2.12. The molecule has 0 unspecified atom stereocenters. The first kappa shape index (κ1) is 19.7. The smallest absolute Gasteiger partial charge is 0.378 e. The van der Waals surface area contributed by atoms with Gasteiger partial charge in [0.25, 0.3) is 10.0 Å². The standard InChI is InChI=1S/C17H15F3N4O3S/c1-23(2)13-4-6-14(7-5-13)28(25,26)24-10-9-12(11-24)3-8-15-21-16(27-22-15)17(18,19)20/h3-11H,1-2H3/b8-3+. The van der Waals surface area contributed by atoms with Crippen LogP contribution in [0.15, 0.2) is 52.1 Å². The molecule has 0 bridgehead atoms. The van der Waals surface area contributed by atoms with Crippen LogP contribution in [-0.4, -0.2) is 36.6 Å². The zero-order chi connectivity index (χ0) is 20.5. The Balaban J connectivity index is 1.80. The van der Waals surface area contributed by atoms with Gasteiger partial charge in [-0.15, -0.1) is 0 Å². The van der Waals surface area contributed by atoms with Crippen molar-refractivity contribution in [3.63, 3.8) is 0 Å². The molecule has 3 rings (SSSR count). The Morgan fingerprint density at radius 3 is 2.36 bits per heavy atom. The number of benzene rings is 1. The van der Waals surface area contributed by atoms with Gasteiger partial charge < -0.3 is 9.42 Å². The Hall–Kier alpha value is -3.08. The van der Waals surface area contributed by atoms with Gasteiger partial charge in [-0.1, -0.05) is 5.16 Å². The van der Waals surface area contributed by atoms with E-state index in [1.807, 2.05) is 19.0 Å². The van der Waals surface area contributed by atoms with E-state index < -0.39 is 22.1 Å². The third kappa shape index (κ3) is 4.09. The molecule has 0 fully saturated rings. The Bertz CT molecular complexity index is 1100. The largest absolute Gasteiger partial charge is 0.471 e. The molecule has 0 spiro atoms. The van der Waals surface area contributed by atoms with Crippen molar-refractivity contribution < 1.29 is 26.1 Å². The van der Waals surface area contributed by atoms with Crippen molar-refractivity contribution >= 4 is 27.9 Å². The van der Waals surface area contributed by atoms with Crippen LogP contribution >= 0.6 is 0 Å².